The Kier molecular flexibility index (Phi) is 4.63. The fourth-order valence-corrected chi connectivity index (χ4v) is 4.29. The van der Waals surface area contributed by atoms with E-state index in [1.165, 1.54) is 10.4 Å². The lowest BCUT2D eigenvalue weighted by atomic mass is 10.0. The Morgan fingerprint density at radius 1 is 1.28 bits per heavy atom. The maximum absolute atomic E-state index is 12.3. The quantitative estimate of drug-likeness (QED) is 0.823. The van der Waals surface area contributed by atoms with Gasteiger partial charge in [-0.25, -0.2) is 0 Å². The van der Waals surface area contributed by atoms with Gasteiger partial charge in [-0.2, -0.15) is 0 Å². The molecule has 0 aliphatic carbocycles. The fraction of sp³-hybridized carbons (Fsp3) is 0.421. The molecule has 0 unspecified atom stereocenters. The topological polar surface area (TPSA) is 42.0 Å². The van der Waals surface area contributed by atoms with E-state index in [1.807, 2.05) is 34.4 Å². The van der Waals surface area contributed by atoms with Crippen molar-refractivity contribution in [3.63, 3.8) is 0 Å². The molecule has 2 aromatic rings. The van der Waals surface area contributed by atoms with Gasteiger partial charge in [0.15, 0.2) is 6.61 Å². The molecule has 0 N–H and O–H groups in total. The SMILES string of the molecule is COc1cccc(OCC(=O)N2CC(N3CCc4sccc4C3)C2)c1. The van der Waals surface area contributed by atoms with Crippen molar-refractivity contribution < 1.29 is 14.3 Å². The molecule has 1 aromatic heterocycles. The number of thiophene rings is 1. The minimum Gasteiger partial charge on any atom is -0.497 e. The highest BCUT2D eigenvalue weighted by molar-refractivity contribution is 7.10. The third-order valence-electron chi connectivity index (χ3n) is 4.97. The summed E-state index contributed by atoms with van der Waals surface area (Å²) in [5.41, 5.74) is 1.46. The van der Waals surface area contributed by atoms with E-state index in [-0.39, 0.29) is 12.5 Å². The van der Waals surface area contributed by atoms with Crippen LogP contribution in [0.1, 0.15) is 10.4 Å². The number of carbonyl (C=O) groups is 1. The Morgan fingerprint density at radius 3 is 2.96 bits per heavy atom. The van der Waals surface area contributed by atoms with Crippen molar-refractivity contribution in [2.75, 3.05) is 33.4 Å². The van der Waals surface area contributed by atoms with Crippen LogP contribution in [-0.4, -0.2) is 55.1 Å². The third kappa shape index (κ3) is 3.50. The van der Waals surface area contributed by atoms with Gasteiger partial charge in [-0.05, 0) is 35.6 Å². The first-order valence-electron chi connectivity index (χ1n) is 8.57. The first-order valence-corrected chi connectivity index (χ1v) is 9.45. The molecule has 0 radical (unpaired) electrons. The molecule has 5 nitrogen and oxygen atoms in total. The number of likely N-dealkylation sites (tertiary alicyclic amines) is 1. The second kappa shape index (κ2) is 7.06. The molecule has 4 rings (SSSR count). The molecule has 2 aliphatic heterocycles. The fourth-order valence-electron chi connectivity index (χ4n) is 3.40. The van der Waals surface area contributed by atoms with Crippen LogP contribution in [0.25, 0.3) is 0 Å². The van der Waals surface area contributed by atoms with E-state index in [2.05, 4.69) is 16.3 Å². The predicted molar refractivity (Wildman–Crippen MR) is 97.3 cm³/mol. The molecule has 0 atom stereocenters. The van der Waals surface area contributed by atoms with Crippen molar-refractivity contribution >= 4 is 17.2 Å². The van der Waals surface area contributed by atoms with Crippen LogP contribution in [0.15, 0.2) is 35.7 Å². The van der Waals surface area contributed by atoms with Crippen molar-refractivity contribution in [2.24, 2.45) is 0 Å². The molecule has 1 aromatic carbocycles. The molecular weight excluding hydrogens is 336 g/mol. The normalized spacial score (nSPS) is 17.7. The second-order valence-electron chi connectivity index (χ2n) is 6.51. The van der Waals surface area contributed by atoms with Crippen molar-refractivity contribution in [3.8, 4) is 11.5 Å². The number of nitrogens with zero attached hydrogens (tertiary/aromatic N) is 2. The number of ether oxygens (including phenoxy) is 2. The van der Waals surface area contributed by atoms with Crippen molar-refractivity contribution in [1.82, 2.24) is 9.80 Å². The number of rotatable bonds is 5. The summed E-state index contributed by atoms with van der Waals surface area (Å²) >= 11 is 1.86. The number of methoxy groups -OCH3 is 1. The van der Waals surface area contributed by atoms with Gasteiger partial charge in [-0.1, -0.05) is 6.07 Å². The molecule has 25 heavy (non-hydrogen) atoms. The van der Waals surface area contributed by atoms with E-state index < -0.39 is 0 Å². The Morgan fingerprint density at radius 2 is 2.12 bits per heavy atom. The van der Waals surface area contributed by atoms with Crippen LogP contribution in [0.3, 0.4) is 0 Å². The maximum atomic E-state index is 12.3. The van der Waals surface area contributed by atoms with Gasteiger partial charge in [-0.15, -0.1) is 11.3 Å². The van der Waals surface area contributed by atoms with Crippen LogP contribution >= 0.6 is 11.3 Å². The van der Waals surface area contributed by atoms with E-state index >= 15 is 0 Å². The van der Waals surface area contributed by atoms with Crippen molar-refractivity contribution in [3.05, 3.63) is 46.2 Å². The largest absolute Gasteiger partial charge is 0.497 e. The first-order chi connectivity index (χ1) is 12.2. The Balaban J connectivity index is 1.24. The summed E-state index contributed by atoms with van der Waals surface area (Å²) in [7, 11) is 1.62. The molecule has 1 fully saturated rings. The molecule has 6 heteroatoms. The second-order valence-corrected chi connectivity index (χ2v) is 7.51. The van der Waals surface area contributed by atoms with Gasteiger partial charge in [0.2, 0.25) is 0 Å². The number of fused-ring (bicyclic) bond motifs is 1. The van der Waals surface area contributed by atoms with Crippen LogP contribution in [0.4, 0.5) is 0 Å². The molecule has 0 bridgehead atoms. The standard InChI is InChI=1S/C19H22N2O3S/c1-23-16-3-2-4-17(9-16)24-13-19(22)21-11-15(12-21)20-7-5-18-14(10-20)6-8-25-18/h2-4,6,8-9,15H,5,7,10-13H2,1H3. The van der Waals surface area contributed by atoms with Gasteiger partial charge in [-0.3, -0.25) is 9.69 Å². The van der Waals surface area contributed by atoms with Crippen molar-refractivity contribution in [2.45, 2.75) is 19.0 Å². The summed E-state index contributed by atoms with van der Waals surface area (Å²) in [6, 6.07) is 10.0. The van der Waals surface area contributed by atoms with Gasteiger partial charge in [0, 0.05) is 43.2 Å². The van der Waals surface area contributed by atoms with Gasteiger partial charge >= 0.3 is 0 Å². The molecule has 0 saturated carbocycles. The van der Waals surface area contributed by atoms with E-state index in [4.69, 9.17) is 9.47 Å². The third-order valence-corrected chi connectivity index (χ3v) is 6.00. The van der Waals surface area contributed by atoms with Crippen LogP contribution in [0.2, 0.25) is 0 Å². The van der Waals surface area contributed by atoms with Crippen LogP contribution in [0.5, 0.6) is 11.5 Å². The minimum atomic E-state index is 0.0484. The van der Waals surface area contributed by atoms with Crippen molar-refractivity contribution in [1.29, 1.82) is 0 Å². The summed E-state index contributed by atoms with van der Waals surface area (Å²) in [4.78, 5) is 18.2. The highest BCUT2D eigenvalue weighted by atomic mass is 32.1. The van der Waals surface area contributed by atoms with Crippen LogP contribution < -0.4 is 9.47 Å². The summed E-state index contributed by atoms with van der Waals surface area (Å²) in [5.74, 6) is 1.44. The zero-order chi connectivity index (χ0) is 17.2. The molecule has 1 saturated heterocycles. The van der Waals surface area contributed by atoms with E-state index in [0.29, 0.717) is 11.8 Å². The smallest absolute Gasteiger partial charge is 0.260 e. The molecule has 1 amide bonds. The molecule has 0 spiro atoms. The van der Waals surface area contributed by atoms with Gasteiger partial charge in [0.1, 0.15) is 11.5 Å². The number of hydrogen-bond donors (Lipinski definition) is 0. The van der Waals surface area contributed by atoms with Gasteiger partial charge < -0.3 is 14.4 Å². The highest BCUT2D eigenvalue weighted by Crippen LogP contribution is 2.27. The first kappa shape index (κ1) is 16.4. The van der Waals surface area contributed by atoms with E-state index in [0.717, 1.165) is 38.3 Å². The summed E-state index contributed by atoms with van der Waals surface area (Å²) in [6.45, 7) is 3.81. The molecular formula is C19H22N2O3S. The molecule has 132 valence electrons. The summed E-state index contributed by atoms with van der Waals surface area (Å²) < 4.78 is 10.8. The van der Waals surface area contributed by atoms with Crippen LogP contribution in [-0.2, 0) is 17.8 Å². The number of hydrogen-bond acceptors (Lipinski definition) is 5. The predicted octanol–water partition coefficient (Wildman–Crippen LogP) is 2.40. The number of amides is 1. The lowest BCUT2D eigenvalue weighted by Gasteiger charge is -2.46. The number of carbonyl (C=O) groups excluding carboxylic acids is 1. The molecule has 2 aliphatic rings. The average Bonchev–Trinajstić information content (AvgIpc) is 3.07. The zero-order valence-corrected chi connectivity index (χ0v) is 15.1. The lowest BCUT2D eigenvalue weighted by molar-refractivity contribution is -0.141. The molecule has 3 heterocycles. The summed E-state index contributed by atoms with van der Waals surface area (Å²) in [5, 5.41) is 2.18. The van der Waals surface area contributed by atoms with Gasteiger partial charge in [0.05, 0.1) is 7.11 Å². The van der Waals surface area contributed by atoms with Gasteiger partial charge in [0.25, 0.3) is 5.91 Å². The Bertz CT molecular complexity index is 755. The van der Waals surface area contributed by atoms with E-state index in [1.54, 1.807) is 13.2 Å². The zero-order valence-electron chi connectivity index (χ0n) is 14.3. The lowest BCUT2D eigenvalue weighted by Crippen LogP contribution is -2.62. The Hall–Kier alpha value is -2.05. The Labute approximate surface area is 151 Å². The average molecular weight is 358 g/mol. The minimum absolute atomic E-state index is 0.0484. The van der Waals surface area contributed by atoms with Crippen LogP contribution in [0, 0.1) is 0 Å². The maximum Gasteiger partial charge on any atom is 0.260 e. The number of benzene rings is 1. The highest BCUT2D eigenvalue weighted by Gasteiger charge is 2.36. The monoisotopic (exact) mass is 358 g/mol. The van der Waals surface area contributed by atoms with E-state index in [9.17, 15) is 4.79 Å². The summed E-state index contributed by atoms with van der Waals surface area (Å²) in [6.07, 6.45) is 1.14.